The molecule has 20 heavy (non-hydrogen) atoms. The Kier molecular flexibility index (Phi) is 3.52. The van der Waals surface area contributed by atoms with Crippen molar-refractivity contribution >= 4 is 17.7 Å². The van der Waals surface area contributed by atoms with E-state index in [9.17, 15) is 18.0 Å². The number of fused-ring (bicyclic) bond motifs is 1. The fraction of sp³-hybridized carbons (Fsp3) is 0.231. The fourth-order valence-electron chi connectivity index (χ4n) is 1.74. The molecule has 0 aliphatic heterocycles. The molecule has 0 fully saturated rings. The van der Waals surface area contributed by atoms with Crippen molar-refractivity contribution in [2.75, 3.05) is 0 Å². The summed E-state index contributed by atoms with van der Waals surface area (Å²) in [6.45, 7) is 1.69. The first-order valence-electron chi connectivity index (χ1n) is 5.81. The molecule has 0 atom stereocenters. The molecule has 2 heterocycles. The molecule has 0 bridgehead atoms. The quantitative estimate of drug-likeness (QED) is 0.880. The zero-order chi connectivity index (χ0) is 14.9. The number of aromatic nitrogens is 2. The molecule has 1 N–H and O–H groups in total. The van der Waals surface area contributed by atoms with Crippen LogP contribution in [0.25, 0.3) is 11.7 Å². The Morgan fingerprint density at radius 2 is 2.20 bits per heavy atom. The normalized spacial score (nSPS) is 12.9. The minimum absolute atomic E-state index is 0.118. The zero-order valence-electron chi connectivity index (χ0n) is 10.5. The molecule has 0 saturated carbocycles. The zero-order valence-corrected chi connectivity index (χ0v) is 10.5. The summed E-state index contributed by atoms with van der Waals surface area (Å²) in [6.07, 6.45) is -0.454. The van der Waals surface area contributed by atoms with Gasteiger partial charge in [-0.1, -0.05) is 6.92 Å². The summed E-state index contributed by atoms with van der Waals surface area (Å²) < 4.78 is 38.8. The third-order valence-electron chi connectivity index (χ3n) is 2.77. The van der Waals surface area contributed by atoms with Crippen molar-refractivity contribution in [3.8, 4) is 0 Å². The van der Waals surface area contributed by atoms with Crippen LogP contribution in [0.3, 0.4) is 0 Å². The maximum Gasteiger partial charge on any atom is 0.434 e. The highest BCUT2D eigenvalue weighted by molar-refractivity contribution is 5.92. The number of carbonyl (C=O) groups is 1. The van der Waals surface area contributed by atoms with Crippen molar-refractivity contribution in [2.45, 2.75) is 19.5 Å². The molecule has 4 nitrogen and oxygen atoms in total. The number of carboxylic acids is 1. The molecule has 2 aromatic heterocycles. The first-order chi connectivity index (χ1) is 9.31. The molecule has 7 heteroatoms. The molecule has 0 amide bonds. The van der Waals surface area contributed by atoms with E-state index in [1.54, 1.807) is 6.92 Å². The average Bonchev–Trinajstić information content (AvgIpc) is 2.78. The maximum atomic E-state index is 12.5. The predicted molar refractivity (Wildman–Crippen MR) is 66.1 cm³/mol. The van der Waals surface area contributed by atoms with Gasteiger partial charge in [-0.25, -0.2) is 9.78 Å². The molecule has 2 aromatic rings. The fourth-order valence-corrected chi connectivity index (χ4v) is 1.74. The van der Waals surface area contributed by atoms with Crippen molar-refractivity contribution in [1.29, 1.82) is 0 Å². The largest absolute Gasteiger partial charge is 0.478 e. The number of halogens is 3. The van der Waals surface area contributed by atoms with Gasteiger partial charge in [-0.05, 0) is 30.2 Å². The molecule has 0 aliphatic rings. The van der Waals surface area contributed by atoms with Crippen molar-refractivity contribution < 1.29 is 23.1 Å². The van der Waals surface area contributed by atoms with E-state index >= 15 is 0 Å². The Labute approximate surface area is 112 Å². The van der Waals surface area contributed by atoms with Gasteiger partial charge in [0.25, 0.3) is 0 Å². The van der Waals surface area contributed by atoms with E-state index in [0.29, 0.717) is 12.0 Å². The lowest BCUT2D eigenvalue weighted by atomic mass is 10.1. The second-order valence-corrected chi connectivity index (χ2v) is 4.18. The topological polar surface area (TPSA) is 54.6 Å². The van der Waals surface area contributed by atoms with Crippen LogP contribution in [0, 0.1) is 0 Å². The number of rotatable bonds is 3. The molecular weight excluding hydrogens is 273 g/mol. The van der Waals surface area contributed by atoms with Crippen molar-refractivity contribution in [3.63, 3.8) is 0 Å². The Hall–Kier alpha value is -2.31. The van der Waals surface area contributed by atoms with Crippen LogP contribution in [0.1, 0.15) is 24.6 Å². The SMILES string of the molecule is CCC(=Cc1ccn2cc(C(F)(F)F)nc2c1)C(=O)O. The van der Waals surface area contributed by atoms with E-state index in [0.717, 1.165) is 6.20 Å². The highest BCUT2D eigenvalue weighted by Gasteiger charge is 2.33. The third-order valence-corrected chi connectivity index (χ3v) is 2.77. The van der Waals surface area contributed by atoms with Gasteiger partial charge in [0, 0.05) is 18.0 Å². The maximum absolute atomic E-state index is 12.5. The van der Waals surface area contributed by atoms with Gasteiger partial charge in [-0.2, -0.15) is 13.2 Å². The van der Waals surface area contributed by atoms with Gasteiger partial charge in [-0.15, -0.1) is 0 Å². The summed E-state index contributed by atoms with van der Waals surface area (Å²) in [5.74, 6) is -1.05. The van der Waals surface area contributed by atoms with Crippen LogP contribution >= 0.6 is 0 Å². The minimum Gasteiger partial charge on any atom is -0.478 e. The van der Waals surface area contributed by atoms with Crippen LogP contribution < -0.4 is 0 Å². The Balaban J connectivity index is 2.46. The van der Waals surface area contributed by atoms with Gasteiger partial charge >= 0.3 is 12.1 Å². The van der Waals surface area contributed by atoms with E-state index in [1.807, 2.05) is 0 Å². The second-order valence-electron chi connectivity index (χ2n) is 4.18. The molecule has 0 aromatic carbocycles. The van der Waals surface area contributed by atoms with Gasteiger partial charge in [0.2, 0.25) is 0 Å². The summed E-state index contributed by atoms with van der Waals surface area (Å²) in [5.41, 5.74) is -0.187. The van der Waals surface area contributed by atoms with Crippen LogP contribution in [-0.4, -0.2) is 20.5 Å². The van der Waals surface area contributed by atoms with E-state index in [4.69, 9.17) is 5.11 Å². The van der Waals surface area contributed by atoms with Crippen LogP contribution in [0.4, 0.5) is 13.2 Å². The Morgan fingerprint density at radius 1 is 1.50 bits per heavy atom. The van der Waals surface area contributed by atoms with Gasteiger partial charge in [-0.3, -0.25) is 0 Å². The lowest BCUT2D eigenvalue weighted by Crippen LogP contribution is -2.04. The first kappa shape index (κ1) is 14.1. The van der Waals surface area contributed by atoms with E-state index in [1.165, 1.54) is 28.8 Å². The number of carboxylic acid groups (broad SMARTS) is 1. The molecular formula is C13H11F3N2O2. The van der Waals surface area contributed by atoms with E-state index in [-0.39, 0.29) is 11.2 Å². The molecule has 0 saturated heterocycles. The lowest BCUT2D eigenvalue weighted by molar-refractivity contribution is -0.140. The van der Waals surface area contributed by atoms with Crippen LogP contribution in [0.5, 0.6) is 0 Å². The van der Waals surface area contributed by atoms with Gasteiger partial charge in [0.15, 0.2) is 5.69 Å². The molecule has 106 valence electrons. The standard InChI is InChI=1S/C13H11F3N2O2/c1-2-9(12(19)20)5-8-3-4-18-7-10(13(14,15)16)17-11(18)6-8/h3-7H,2H2,1H3,(H,19,20). The predicted octanol–water partition coefficient (Wildman–Crippen LogP) is 3.23. The highest BCUT2D eigenvalue weighted by Crippen LogP contribution is 2.28. The smallest absolute Gasteiger partial charge is 0.434 e. The molecule has 2 rings (SSSR count). The average molecular weight is 284 g/mol. The summed E-state index contributed by atoms with van der Waals surface area (Å²) in [7, 11) is 0. The first-order valence-corrected chi connectivity index (χ1v) is 5.81. The van der Waals surface area contributed by atoms with Crippen molar-refractivity contribution in [2.24, 2.45) is 0 Å². The number of aliphatic carboxylic acids is 1. The van der Waals surface area contributed by atoms with Crippen molar-refractivity contribution in [3.05, 3.63) is 41.4 Å². The van der Waals surface area contributed by atoms with Crippen LogP contribution in [0.15, 0.2) is 30.1 Å². The number of pyridine rings is 1. The van der Waals surface area contributed by atoms with Gasteiger partial charge < -0.3 is 9.51 Å². The van der Waals surface area contributed by atoms with E-state index in [2.05, 4.69) is 4.98 Å². The second kappa shape index (κ2) is 4.99. The summed E-state index contributed by atoms with van der Waals surface area (Å²) >= 11 is 0. The summed E-state index contributed by atoms with van der Waals surface area (Å²) in [5, 5.41) is 8.92. The number of imidazole rings is 1. The van der Waals surface area contributed by atoms with Crippen LogP contribution in [-0.2, 0) is 11.0 Å². The molecule has 0 aliphatic carbocycles. The number of alkyl halides is 3. The Bertz CT molecular complexity index is 686. The molecule has 0 unspecified atom stereocenters. The van der Waals surface area contributed by atoms with Gasteiger partial charge in [0.1, 0.15) is 5.65 Å². The molecule has 0 spiro atoms. The van der Waals surface area contributed by atoms with Gasteiger partial charge in [0.05, 0.1) is 0 Å². The molecule has 0 radical (unpaired) electrons. The van der Waals surface area contributed by atoms with Crippen molar-refractivity contribution in [1.82, 2.24) is 9.38 Å². The van der Waals surface area contributed by atoms with Crippen LogP contribution in [0.2, 0.25) is 0 Å². The van der Waals surface area contributed by atoms with E-state index < -0.39 is 17.8 Å². The third kappa shape index (κ3) is 2.81. The monoisotopic (exact) mass is 284 g/mol. The number of hydrogen-bond acceptors (Lipinski definition) is 2. The summed E-state index contributed by atoms with van der Waals surface area (Å²) in [6, 6.07) is 2.95. The highest BCUT2D eigenvalue weighted by atomic mass is 19.4. The summed E-state index contributed by atoms with van der Waals surface area (Å²) in [4.78, 5) is 14.4. The number of nitrogens with zero attached hydrogens (tertiary/aromatic N) is 2. The number of hydrogen-bond donors (Lipinski definition) is 1. The lowest BCUT2D eigenvalue weighted by Gasteiger charge is -1.99. The Morgan fingerprint density at radius 3 is 2.75 bits per heavy atom. The minimum atomic E-state index is -4.50.